The highest BCUT2D eigenvalue weighted by Gasteiger charge is 2.51. The molecule has 0 fully saturated rings. The Kier molecular flexibility index (Phi) is 8.06. The second kappa shape index (κ2) is 12.3. The van der Waals surface area contributed by atoms with Crippen molar-refractivity contribution < 1.29 is 23.9 Å². The standard InChI is InChI=1S/C35H37N7O5/c1-21-11-23(12-25-20-38-42(3)30(21)25)14-29-33(44)41(2)6-8-47-10-9-46-7-4-5-22-13-27-31(37-18-22)40-34(45)35(27)16-24-15-28(32(43)39-29)36-19-26(24)17-35/h4-5,11-13,15,18-20,29H,6-10,14,16-17H2,1-3H3,(H,39,43)(H,37,40,45)/b5-4+/t29-,35-/m1/s1. The van der Waals surface area contributed by atoms with E-state index in [9.17, 15) is 14.4 Å². The van der Waals surface area contributed by atoms with Gasteiger partial charge in [0.15, 0.2) is 0 Å². The Morgan fingerprint density at radius 3 is 2.66 bits per heavy atom. The number of carbonyl (C=O) groups excluding carboxylic acids is 3. The first-order valence-electron chi connectivity index (χ1n) is 15.8. The maximum atomic E-state index is 13.8. The van der Waals surface area contributed by atoms with Crippen LogP contribution in [0.2, 0.25) is 0 Å². The van der Waals surface area contributed by atoms with Gasteiger partial charge in [-0.1, -0.05) is 18.2 Å². The van der Waals surface area contributed by atoms with Gasteiger partial charge in [-0.2, -0.15) is 5.10 Å². The molecule has 3 amide bonds. The summed E-state index contributed by atoms with van der Waals surface area (Å²) < 4.78 is 13.3. The summed E-state index contributed by atoms with van der Waals surface area (Å²) in [5.74, 6) is -0.257. The van der Waals surface area contributed by atoms with E-state index in [1.807, 2.05) is 49.0 Å². The summed E-state index contributed by atoms with van der Waals surface area (Å²) in [7, 11) is 3.60. The number of hydrogen-bond donors (Lipinski definition) is 2. The highest BCUT2D eigenvalue weighted by Crippen LogP contribution is 2.47. The summed E-state index contributed by atoms with van der Waals surface area (Å²) in [5, 5.41) is 11.3. The molecular weight excluding hydrogens is 598 g/mol. The van der Waals surface area contributed by atoms with Gasteiger partial charge in [0, 0.05) is 50.4 Å². The number of fused-ring (bicyclic) bond motifs is 3. The third kappa shape index (κ3) is 5.79. The molecule has 1 spiro atoms. The Labute approximate surface area is 272 Å². The van der Waals surface area contributed by atoms with Gasteiger partial charge in [0.05, 0.1) is 43.6 Å². The number of aromatic nitrogens is 4. The van der Waals surface area contributed by atoms with Crippen molar-refractivity contribution in [3.8, 4) is 0 Å². The molecule has 4 aromatic rings. The first-order valence-corrected chi connectivity index (χ1v) is 15.8. The molecule has 0 saturated heterocycles. The maximum Gasteiger partial charge on any atom is 0.270 e. The van der Waals surface area contributed by atoms with E-state index in [1.165, 1.54) is 0 Å². The lowest BCUT2D eigenvalue weighted by Crippen LogP contribution is -2.49. The van der Waals surface area contributed by atoms with Crippen molar-refractivity contribution in [2.75, 3.05) is 45.3 Å². The molecule has 3 aromatic heterocycles. The molecule has 12 heteroatoms. The molecule has 1 aromatic carbocycles. The van der Waals surface area contributed by atoms with Gasteiger partial charge in [-0.25, -0.2) is 4.98 Å². The van der Waals surface area contributed by atoms with E-state index in [0.29, 0.717) is 51.6 Å². The SMILES string of the molecule is Cc1cc(C[C@H]2NC(=O)c3cc4c(cn3)C[C@@]3(C4)C(=O)Nc4ncc(cc43)/C=C/COCCOCCN(C)C2=O)cc2cnn(C)c12. The van der Waals surface area contributed by atoms with Gasteiger partial charge < -0.3 is 25.0 Å². The van der Waals surface area contributed by atoms with Gasteiger partial charge in [-0.15, -0.1) is 0 Å². The average Bonchev–Trinajstić information content (AvgIpc) is 3.71. The number of amides is 3. The van der Waals surface area contributed by atoms with Crippen LogP contribution in [0.15, 0.2) is 48.9 Å². The van der Waals surface area contributed by atoms with Gasteiger partial charge in [-0.05, 0) is 65.8 Å². The van der Waals surface area contributed by atoms with Crippen molar-refractivity contribution >= 4 is 40.5 Å². The van der Waals surface area contributed by atoms with Crippen molar-refractivity contribution in [3.05, 3.63) is 88.0 Å². The average molecular weight is 636 g/mol. The monoisotopic (exact) mass is 635 g/mol. The van der Waals surface area contributed by atoms with Gasteiger partial charge in [0.2, 0.25) is 11.8 Å². The lowest BCUT2D eigenvalue weighted by Gasteiger charge is -2.25. The number of rotatable bonds is 2. The van der Waals surface area contributed by atoms with Crippen molar-refractivity contribution in [2.24, 2.45) is 7.05 Å². The summed E-state index contributed by atoms with van der Waals surface area (Å²) in [6.07, 6.45) is 10.2. The zero-order valence-corrected chi connectivity index (χ0v) is 26.7. The van der Waals surface area contributed by atoms with E-state index in [4.69, 9.17) is 9.47 Å². The number of aryl methyl sites for hydroxylation is 2. The van der Waals surface area contributed by atoms with Crippen molar-refractivity contribution in [1.82, 2.24) is 30.0 Å². The molecule has 242 valence electrons. The highest BCUT2D eigenvalue weighted by molar-refractivity contribution is 6.06. The normalized spacial score (nSPS) is 22.6. The number of nitrogens with zero attached hydrogens (tertiary/aromatic N) is 5. The Balaban J connectivity index is 1.20. The number of likely N-dealkylation sites (N-methyl/N-ethyl adjacent to an activating group) is 1. The van der Waals surface area contributed by atoms with Crippen LogP contribution in [0.1, 0.15) is 43.9 Å². The van der Waals surface area contributed by atoms with Crippen molar-refractivity contribution in [2.45, 2.75) is 37.6 Å². The second-order valence-corrected chi connectivity index (χ2v) is 12.6. The number of carbonyl (C=O) groups is 3. The highest BCUT2D eigenvalue weighted by atomic mass is 16.5. The fraction of sp³-hybridized carbons (Fsp3) is 0.371. The third-order valence-corrected chi connectivity index (χ3v) is 9.36. The zero-order chi connectivity index (χ0) is 32.7. The van der Waals surface area contributed by atoms with Crippen LogP contribution < -0.4 is 10.6 Å². The number of benzene rings is 1. The van der Waals surface area contributed by atoms with Crippen LogP contribution in [-0.4, -0.2) is 88.4 Å². The van der Waals surface area contributed by atoms with Crippen LogP contribution in [0.5, 0.6) is 0 Å². The smallest absolute Gasteiger partial charge is 0.270 e. The third-order valence-electron chi connectivity index (χ3n) is 9.36. The molecule has 5 heterocycles. The summed E-state index contributed by atoms with van der Waals surface area (Å²) in [5.41, 5.74) is 5.80. The van der Waals surface area contributed by atoms with Crippen LogP contribution in [0.3, 0.4) is 0 Å². The first kappa shape index (κ1) is 30.7. The molecule has 0 unspecified atom stereocenters. The quantitative estimate of drug-likeness (QED) is 0.343. The van der Waals surface area contributed by atoms with E-state index in [1.54, 1.807) is 36.6 Å². The first-order chi connectivity index (χ1) is 22.7. The van der Waals surface area contributed by atoms with Crippen LogP contribution in [0.25, 0.3) is 17.0 Å². The summed E-state index contributed by atoms with van der Waals surface area (Å²) in [6, 6.07) is 6.92. The molecule has 7 rings (SSSR count). The van der Waals surface area contributed by atoms with E-state index >= 15 is 0 Å². The minimum absolute atomic E-state index is 0.115. The molecule has 2 aliphatic heterocycles. The van der Waals surface area contributed by atoms with Crippen LogP contribution >= 0.6 is 0 Å². The number of nitrogens with one attached hydrogen (secondary N) is 2. The largest absolute Gasteiger partial charge is 0.377 e. The lowest BCUT2D eigenvalue weighted by atomic mass is 9.79. The molecule has 47 heavy (non-hydrogen) atoms. The Hall–Kier alpha value is -4.94. The minimum atomic E-state index is -0.854. The van der Waals surface area contributed by atoms with Crippen molar-refractivity contribution in [1.29, 1.82) is 0 Å². The molecule has 0 radical (unpaired) electrons. The molecule has 3 aliphatic rings. The zero-order valence-electron chi connectivity index (χ0n) is 26.7. The number of ether oxygens (including phenoxy) is 2. The Morgan fingerprint density at radius 2 is 1.79 bits per heavy atom. The maximum absolute atomic E-state index is 13.8. The van der Waals surface area contributed by atoms with Crippen LogP contribution in [0.4, 0.5) is 5.82 Å². The van der Waals surface area contributed by atoms with Gasteiger partial charge >= 0.3 is 0 Å². The fourth-order valence-corrected chi connectivity index (χ4v) is 6.97. The molecule has 2 atom stereocenters. The second-order valence-electron chi connectivity index (χ2n) is 12.6. The fourth-order valence-electron chi connectivity index (χ4n) is 6.97. The number of anilines is 1. The molecular formula is C35H37N7O5. The number of pyridine rings is 2. The Morgan fingerprint density at radius 1 is 0.957 bits per heavy atom. The van der Waals surface area contributed by atoms with E-state index < -0.39 is 17.4 Å². The Bertz CT molecular complexity index is 1930. The van der Waals surface area contributed by atoms with E-state index in [-0.39, 0.29) is 23.9 Å². The van der Waals surface area contributed by atoms with E-state index in [2.05, 4.69) is 25.7 Å². The van der Waals surface area contributed by atoms with Gasteiger partial charge in [0.25, 0.3) is 5.91 Å². The van der Waals surface area contributed by atoms with Gasteiger partial charge in [-0.3, -0.25) is 24.0 Å². The van der Waals surface area contributed by atoms with Crippen LogP contribution in [-0.2, 0) is 50.8 Å². The molecule has 0 saturated carbocycles. The molecule has 1 aliphatic carbocycles. The minimum Gasteiger partial charge on any atom is -0.377 e. The molecule has 12 nitrogen and oxygen atoms in total. The van der Waals surface area contributed by atoms with Crippen molar-refractivity contribution in [3.63, 3.8) is 0 Å². The molecule has 5 bridgehead atoms. The van der Waals surface area contributed by atoms with E-state index in [0.717, 1.165) is 44.3 Å². The summed E-state index contributed by atoms with van der Waals surface area (Å²) in [6.45, 7) is 3.85. The lowest BCUT2D eigenvalue weighted by molar-refractivity contribution is -0.132. The van der Waals surface area contributed by atoms with Gasteiger partial charge in [0.1, 0.15) is 17.6 Å². The summed E-state index contributed by atoms with van der Waals surface area (Å²) >= 11 is 0. The number of hydrogen-bond acceptors (Lipinski definition) is 8. The van der Waals surface area contributed by atoms with Crippen LogP contribution in [0, 0.1) is 6.92 Å². The predicted molar refractivity (Wildman–Crippen MR) is 175 cm³/mol. The topological polar surface area (TPSA) is 141 Å². The predicted octanol–water partition coefficient (Wildman–Crippen LogP) is 2.52. The summed E-state index contributed by atoms with van der Waals surface area (Å²) in [4.78, 5) is 51.6. The molecule has 2 N–H and O–H groups in total.